The number of amides is 3. The lowest BCUT2D eigenvalue weighted by molar-refractivity contribution is -0.137. The summed E-state index contributed by atoms with van der Waals surface area (Å²) in [5, 5.41) is 1.82. The number of likely N-dealkylation sites (N-methyl/N-ethyl adjacent to an activating group) is 1. The van der Waals surface area contributed by atoms with E-state index in [0.717, 1.165) is 11.0 Å². The number of carbonyl (C=O) groups excluding carboxylic acids is 3. The molecular weight excluding hydrogens is 451 g/mol. The van der Waals surface area contributed by atoms with Crippen molar-refractivity contribution in [1.29, 1.82) is 0 Å². The van der Waals surface area contributed by atoms with Crippen LogP contribution in [0.3, 0.4) is 0 Å². The lowest BCUT2D eigenvalue weighted by Gasteiger charge is -2.33. The molecule has 170 valence electrons. The summed E-state index contributed by atoms with van der Waals surface area (Å²) in [4.78, 5) is 39.7. The van der Waals surface area contributed by atoms with Crippen molar-refractivity contribution in [3.05, 3.63) is 53.1 Å². The molecule has 2 aromatic carbocycles. The van der Waals surface area contributed by atoms with E-state index >= 15 is 0 Å². The predicted octanol–water partition coefficient (Wildman–Crippen LogP) is 3.57. The summed E-state index contributed by atoms with van der Waals surface area (Å²) in [6, 6.07) is 9.71. The molecule has 0 spiro atoms. The van der Waals surface area contributed by atoms with Crippen LogP contribution < -0.4 is 15.0 Å². The summed E-state index contributed by atoms with van der Waals surface area (Å²) in [7, 11) is 1.35. The van der Waals surface area contributed by atoms with Crippen LogP contribution in [0, 0.1) is 0 Å². The van der Waals surface area contributed by atoms with E-state index in [1.807, 2.05) is 0 Å². The topological polar surface area (TPSA) is 79.0 Å². The number of alkyl halides is 3. The number of benzene rings is 2. The third kappa shape index (κ3) is 5.13. The third-order valence-electron chi connectivity index (χ3n) is 4.73. The van der Waals surface area contributed by atoms with Crippen molar-refractivity contribution in [1.82, 2.24) is 4.90 Å². The van der Waals surface area contributed by atoms with Crippen LogP contribution in [0.5, 0.6) is 5.75 Å². The Labute approximate surface area is 186 Å². The number of fused-ring (bicyclic) bond motifs is 1. The van der Waals surface area contributed by atoms with E-state index in [1.165, 1.54) is 18.0 Å². The Hall–Kier alpha value is -3.27. The second-order valence-electron chi connectivity index (χ2n) is 7.14. The van der Waals surface area contributed by atoms with Gasteiger partial charge in [-0.25, -0.2) is 0 Å². The number of anilines is 2. The van der Waals surface area contributed by atoms with Crippen LogP contribution in [-0.2, 0) is 20.6 Å². The Bertz CT molecular complexity index is 1060. The Morgan fingerprint density at radius 1 is 1.22 bits per heavy atom. The van der Waals surface area contributed by atoms with E-state index in [0.29, 0.717) is 17.5 Å². The Balaban J connectivity index is 1.65. The number of nitrogens with zero attached hydrogens (tertiary/aromatic N) is 2. The largest absolute Gasteiger partial charge is 0.479 e. The van der Waals surface area contributed by atoms with Crippen LogP contribution in [0.4, 0.5) is 24.5 Å². The molecule has 11 heteroatoms. The van der Waals surface area contributed by atoms with Crippen LogP contribution >= 0.6 is 11.6 Å². The van der Waals surface area contributed by atoms with Crippen molar-refractivity contribution in [2.45, 2.75) is 19.2 Å². The average molecular weight is 470 g/mol. The van der Waals surface area contributed by atoms with Gasteiger partial charge in [-0.1, -0.05) is 23.7 Å². The first-order valence-corrected chi connectivity index (χ1v) is 9.83. The summed E-state index contributed by atoms with van der Waals surface area (Å²) in [6.07, 6.45) is -5.46. The molecule has 3 rings (SSSR count). The van der Waals surface area contributed by atoms with Crippen LogP contribution in [-0.4, -0.2) is 48.9 Å². The molecule has 0 bridgehead atoms. The SMILES string of the molecule is C[C@@H]1Oc2ccccc2N(CC(=O)N(C)CC(=O)Nc2ccc(Cl)c(C(F)(F)F)c2)C1=O. The Morgan fingerprint density at radius 3 is 2.59 bits per heavy atom. The smallest absolute Gasteiger partial charge is 0.417 e. The first-order chi connectivity index (χ1) is 15.0. The molecule has 0 saturated heterocycles. The minimum Gasteiger partial charge on any atom is -0.479 e. The molecular formula is C21H19ClF3N3O4. The van der Waals surface area contributed by atoms with Gasteiger partial charge in [0.25, 0.3) is 5.91 Å². The predicted molar refractivity (Wildman–Crippen MR) is 112 cm³/mol. The molecule has 32 heavy (non-hydrogen) atoms. The highest BCUT2D eigenvalue weighted by molar-refractivity contribution is 6.31. The molecule has 0 saturated carbocycles. The fraction of sp³-hybridized carbons (Fsp3) is 0.286. The molecule has 0 aliphatic carbocycles. The molecule has 0 fully saturated rings. The summed E-state index contributed by atoms with van der Waals surface area (Å²) in [5.41, 5.74) is -0.763. The van der Waals surface area contributed by atoms with Crippen LogP contribution in [0.25, 0.3) is 0 Å². The highest BCUT2D eigenvalue weighted by Crippen LogP contribution is 2.36. The number of nitrogens with one attached hydrogen (secondary N) is 1. The van der Waals surface area contributed by atoms with Gasteiger partial charge < -0.3 is 15.0 Å². The molecule has 1 atom stereocenters. The average Bonchev–Trinajstić information content (AvgIpc) is 2.71. The van der Waals surface area contributed by atoms with Gasteiger partial charge in [-0.2, -0.15) is 13.2 Å². The summed E-state index contributed by atoms with van der Waals surface area (Å²) < 4.78 is 44.5. The summed E-state index contributed by atoms with van der Waals surface area (Å²) >= 11 is 5.57. The zero-order valence-corrected chi connectivity index (χ0v) is 17.8. The zero-order chi connectivity index (χ0) is 23.6. The molecule has 1 aliphatic rings. The minimum absolute atomic E-state index is 0.112. The van der Waals surface area contributed by atoms with Crippen LogP contribution in [0.1, 0.15) is 12.5 Å². The van der Waals surface area contributed by atoms with E-state index in [9.17, 15) is 27.6 Å². The second-order valence-corrected chi connectivity index (χ2v) is 7.55. The van der Waals surface area contributed by atoms with E-state index < -0.39 is 47.1 Å². The first kappa shape index (κ1) is 23.4. The minimum atomic E-state index is -4.68. The zero-order valence-electron chi connectivity index (χ0n) is 17.1. The van der Waals surface area contributed by atoms with Crippen molar-refractivity contribution >= 4 is 40.7 Å². The number of para-hydroxylation sites is 2. The number of hydrogen-bond donors (Lipinski definition) is 1. The number of halogens is 4. The van der Waals surface area contributed by atoms with Gasteiger partial charge in [0.05, 0.1) is 22.8 Å². The number of carbonyl (C=O) groups is 3. The molecule has 1 aliphatic heterocycles. The van der Waals surface area contributed by atoms with Gasteiger partial charge in [0.15, 0.2) is 6.10 Å². The van der Waals surface area contributed by atoms with Gasteiger partial charge in [0.2, 0.25) is 11.8 Å². The van der Waals surface area contributed by atoms with Crippen molar-refractivity contribution in [3.63, 3.8) is 0 Å². The number of rotatable bonds is 5. The lowest BCUT2D eigenvalue weighted by atomic mass is 10.2. The molecule has 7 nitrogen and oxygen atoms in total. The third-order valence-corrected chi connectivity index (χ3v) is 5.06. The van der Waals surface area contributed by atoms with E-state index in [4.69, 9.17) is 16.3 Å². The van der Waals surface area contributed by atoms with Crippen molar-refractivity contribution in [2.75, 3.05) is 30.4 Å². The van der Waals surface area contributed by atoms with Crippen LogP contribution in [0.15, 0.2) is 42.5 Å². The highest BCUT2D eigenvalue weighted by atomic mass is 35.5. The fourth-order valence-electron chi connectivity index (χ4n) is 3.10. The maximum atomic E-state index is 13.0. The molecule has 0 aromatic heterocycles. The molecule has 0 unspecified atom stereocenters. The fourth-order valence-corrected chi connectivity index (χ4v) is 3.33. The van der Waals surface area contributed by atoms with E-state index in [-0.39, 0.29) is 12.2 Å². The molecule has 2 aromatic rings. The second kappa shape index (κ2) is 9.07. The van der Waals surface area contributed by atoms with Gasteiger partial charge in [-0.3, -0.25) is 19.3 Å². The van der Waals surface area contributed by atoms with E-state index in [1.54, 1.807) is 31.2 Å². The molecule has 1 heterocycles. The number of hydrogen-bond acceptors (Lipinski definition) is 4. The van der Waals surface area contributed by atoms with Crippen molar-refractivity contribution < 1.29 is 32.3 Å². The van der Waals surface area contributed by atoms with E-state index in [2.05, 4.69) is 5.32 Å². The lowest BCUT2D eigenvalue weighted by Crippen LogP contribution is -2.49. The van der Waals surface area contributed by atoms with Gasteiger partial charge in [0, 0.05) is 12.7 Å². The molecule has 1 N–H and O–H groups in total. The Morgan fingerprint density at radius 2 is 1.91 bits per heavy atom. The monoisotopic (exact) mass is 469 g/mol. The van der Waals surface area contributed by atoms with Crippen molar-refractivity contribution in [3.8, 4) is 5.75 Å². The standard InChI is InChI=1S/C21H19ClF3N3O4/c1-12-20(31)28(16-5-3-4-6-17(16)32-12)11-19(30)27(2)10-18(29)26-13-7-8-15(22)14(9-13)21(23,24)25/h3-9,12H,10-11H2,1-2H3,(H,26,29)/t12-/m0/s1. The highest BCUT2D eigenvalue weighted by Gasteiger charge is 2.34. The Kier molecular flexibility index (Phi) is 6.63. The quantitative estimate of drug-likeness (QED) is 0.726. The summed E-state index contributed by atoms with van der Waals surface area (Å²) in [6.45, 7) is 0.805. The summed E-state index contributed by atoms with van der Waals surface area (Å²) in [5.74, 6) is -1.20. The van der Waals surface area contributed by atoms with Crippen LogP contribution in [0.2, 0.25) is 5.02 Å². The van der Waals surface area contributed by atoms with Gasteiger partial charge >= 0.3 is 6.18 Å². The molecule has 3 amide bonds. The number of ether oxygens (including phenoxy) is 1. The first-order valence-electron chi connectivity index (χ1n) is 9.45. The normalized spacial score (nSPS) is 15.6. The van der Waals surface area contributed by atoms with Gasteiger partial charge in [0.1, 0.15) is 12.3 Å². The maximum absolute atomic E-state index is 13.0. The maximum Gasteiger partial charge on any atom is 0.417 e. The van der Waals surface area contributed by atoms with Gasteiger partial charge in [-0.05, 0) is 37.3 Å². The molecule has 0 radical (unpaired) electrons. The van der Waals surface area contributed by atoms with Gasteiger partial charge in [-0.15, -0.1) is 0 Å². The van der Waals surface area contributed by atoms with Crippen molar-refractivity contribution in [2.24, 2.45) is 0 Å².